The molecule has 4 rings (SSSR count). The number of aromatic nitrogens is 3. The minimum atomic E-state index is -1.23. The van der Waals surface area contributed by atoms with Gasteiger partial charge in [-0.25, -0.2) is 22.9 Å². The summed E-state index contributed by atoms with van der Waals surface area (Å²) >= 11 is 1.18. The topological polar surface area (TPSA) is 57.0 Å². The summed E-state index contributed by atoms with van der Waals surface area (Å²) in [5, 5.41) is 0.524. The standard InChI is InChI=1S/C23H18F3N3O2S/c1-2-31-22(30)14-6-7-21-20(10-14)28-23(29(21)12-16-5-3-4-8-27-16)32-13-15-9-18(25)19(26)11-17(15)24/h3-11H,2,12-13H2,1H3. The Balaban J connectivity index is 1.71. The van der Waals surface area contributed by atoms with Crippen LogP contribution in [0.1, 0.15) is 28.5 Å². The van der Waals surface area contributed by atoms with Gasteiger partial charge in [0.2, 0.25) is 0 Å². The van der Waals surface area contributed by atoms with Crippen LogP contribution in [0.5, 0.6) is 0 Å². The molecule has 2 heterocycles. The van der Waals surface area contributed by atoms with E-state index in [0.717, 1.165) is 17.3 Å². The Morgan fingerprint density at radius 3 is 2.62 bits per heavy atom. The molecule has 0 N–H and O–H groups in total. The zero-order valence-electron chi connectivity index (χ0n) is 17.0. The first kappa shape index (κ1) is 21.9. The molecule has 2 aromatic heterocycles. The van der Waals surface area contributed by atoms with Gasteiger partial charge in [0.1, 0.15) is 5.82 Å². The zero-order valence-corrected chi connectivity index (χ0v) is 17.8. The molecule has 2 aromatic carbocycles. The average molecular weight is 457 g/mol. The lowest BCUT2D eigenvalue weighted by atomic mass is 10.2. The molecule has 32 heavy (non-hydrogen) atoms. The molecule has 0 spiro atoms. The van der Waals surface area contributed by atoms with E-state index in [1.54, 1.807) is 31.3 Å². The highest BCUT2D eigenvalue weighted by atomic mass is 32.2. The number of ether oxygens (including phenoxy) is 1. The fourth-order valence-corrected chi connectivity index (χ4v) is 4.17. The molecule has 0 aliphatic heterocycles. The van der Waals surface area contributed by atoms with Crippen molar-refractivity contribution in [3.05, 3.63) is 89.0 Å². The Hall–Kier alpha value is -3.33. The van der Waals surface area contributed by atoms with E-state index in [9.17, 15) is 18.0 Å². The second-order valence-electron chi connectivity index (χ2n) is 6.87. The van der Waals surface area contributed by atoms with Gasteiger partial charge in [0, 0.05) is 23.6 Å². The third-order valence-corrected chi connectivity index (χ3v) is 5.74. The van der Waals surface area contributed by atoms with Gasteiger partial charge in [-0.1, -0.05) is 17.8 Å². The highest BCUT2D eigenvalue weighted by Gasteiger charge is 2.17. The van der Waals surface area contributed by atoms with E-state index < -0.39 is 23.4 Å². The maximum Gasteiger partial charge on any atom is 0.338 e. The summed E-state index contributed by atoms with van der Waals surface area (Å²) < 4.78 is 47.8. The molecule has 5 nitrogen and oxygen atoms in total. The van der Waals surface area contributed by atoms with Crippen molar-refractivity contribution in [1.29, 1.82) is 0 Å². The molecule has 4 aromatic rings. The normalized spacial score (nSPS) is 11.1. The number of carbonyl (C=O) groups excluding carboxylic acids is 1. The lowest BCUT2D eigenvalue weighted by Crippen LogP contribution is -2.05. The van der Waals surface area contributed by atoms with Gasteiger partial charge < -0.3 is 9.30 Å². The number of halogens is 3. The average Bonchev–Trinajstić information content (AvgIpc) is 3.12. The van der Waals surface area contributed by atoms with E-state index in [-0.39, 0.29) is 17.9 Å². The molecule has 0 fully saturated rings. The van der Waals surface area contributed by atoms with Crippen LogP contribution in [0.2, 0.25) is 0 Å². The number of hydrogen-bond acceptors (Lipinski definition) is 5. The number of thioether (sulfide) groups is 1. The Labute approximate surface area is 186 Å². The molecule has 0 saturated heterocycles. The van der Waals surface area contributed by atoms with Crippen LogP contribution in [0.3, 0.4) is 0 Å². The van der Waals surface area contributed by atoms with E-state index in [1.807, 2.05) is 22.8 Å². The highest BCUT2D eigenvalue weighted by molar-refractivity contribution is 7.98. The first-order chi connectivity index (χ1) is 15.5. The molecule has 0 saturated carbocycles. The molecule has 0 radical (unpaired) electrons. The van der Waals surface area contributed by atoms with Crippen LogP contribution in [0.25, 0.3) is 11.0 Å². The van der Waals surface area contributed by atoms with E-state index >= 15 is 0 Å². The monoisotopic (exact) mass is 457 g/mol. The minimum absolute atomic E-state index is 0.0255. The summed E-state index contributed by atoms with van der Waals surface area (Å²) in [6.07, 6.45) is 1.68. The third kappa shape index (κ3) is 4.62. The van der Waals surface area contributed by atoms with Gasteiger partial charge in [0.05, 0.1) is 35.4 Å². The number of benzene rings is 2. The van der Waals surface area contributed by atoms with Crippen LogP contribution in [0.4, 0.5) is 13.2 Å². The van der Waals surface area contributed by atoms with E-state index in [4.69, 9.17) is 4.74 Å². The number of rotatable bonds is 7. The molecule has 0 atom stereocenters. The van der Waals surface area contributed by atoms with Crippen LogP contribution in [-0.4, -0.2) is 27.1 Å². The van der Waals surface area contributed by atoms with Gasteiger partial charge in [0.25, 0.3) is 0 Å². The number of imidazole rings is 1. The van der Waals surface area contributed by atoms with Crippen LogP contribution in [0.15, 0.2) is 59.9 Å². The summed E-state index contributed by atoms with van der Waals surface area (Å²) in [4.78, 5) is 21.0. The van der Waals surface area contributed by atoms with Crippen molar-refractivity contribution >= 4 is 28.8 Å². The molecule has 9 heteroatoms. The molecule has 0 aliphatic rings. The molecular formula is C23H18F3N3O2S. The van der Waals surface area contributed by atoms with Gasteiger partial charge in [0.15, 0.2) is 16.8 Å². The quantitative estimate of drug-likeness (QED) is 0.212. The lowest BCUT2D eigenvalue weighted by Gasteiger charge is -2.09. The predicted molar refractivity (Wildman–Crippen MR) is 115 cm³/mol. The molecular weight excluding hydrogens is 439 g/mol. The molecule has 164 valence electrons. The second-order valence-corrected chi connectivity index (χ2v) is 7.81. The Morgan fingerprint density at radius 2 is 1.88 bits per heavy atom. The smallest absolute Gasteiger partial charge is 0.338 e. The maximum atomic E-state index is 14.1. The Bertz CT molecular complexity index is 1280. The molecule has 0 unspecified atom stereocenters. The van der Waals surface area contributed by atoms with Crippen molar-refractivity contribution < 1.29 is 22.7 Å². The van der Waals surface area contributed by atoms with Crippen molar-refractivity contribution in [2.24, 2.45) is 0 Å². The largest absolute Gasteiger partial charge is 0.462 e. The van der Waals surface area contributed by atoms with Crippen LogP contribution in [-0.2, 0) is 17.0 Å². The Morgan fingerprint density at radius 1 is 1.06 bits per heavy atom. The van der Waals surface area contributed by atoms with Gasteiger partial charge in [-0.15, -0.1) is 0 Å². The third-order valence-electron chi connectivity index (χ3n) is 4.72. The van der Waals surface area contributed by atoms with E-state index in [0.29, 0.717) is 28.8 Å². The number of hydrogen-bond donors (Lipinski definition) is 0. The molecule has 0 amide bonds. The second kappa shape index (κ2) is 9.44. The number of carbonyl (C=O) groups is 1. The van der Waals surface area contributed by atoms with Crippen molar-refractivity contribution in [2.45, 2.75) is 24.4 Å². The molecule has 0 bridgehead atoms. The van der Waals surface area contributed by atoms with Crippen LogP contribution < -0.4 is 0 Å². The van der Waals surface area contributed by atoms with Gasteiger partial charge in [-0.2, -0.15) is 0 Å². The van der Waals surface area contributed by atoms with Crippen molar-refractivity contribution in [3.8, 4) is 0 Å². The number of esters is 1. The summed E-state index contributed by atoms with van der Waals surface area (Å²) in [6, 6.07) is 12.0. The molecule has 0 aliphatic carbocycles. The van der Waals surface area contributed by atoms with Crippen LogP contribution >= 0.6 is 11.8 Å². The van der Waals surface area contributed by atoms with Gasteiger partial charge >= 0.3 is 5.97 Å². The number of pyridine rings is 1. The van der Waals surface area contributed by atoms with E-state index in [2.05, 4.69) is 9.97 Å². The fourth-order valence-electron chi connectivity index (χ4n) is 3.18. The van der Waals surface area contributed by atoms with Crippen molar-refractivity contribution in [2.75, 3.05) is 6.61 Å². The van der Waals surface area contributed by atoms with Crippen molar-refractivity contribution in [1.82, 2.24) is 14.5 Å². The highest BCUT2D eigenvalue weighted by Crippen LogP contribution is 2.29. The lowest BCUT2D eigenvalue weighted by molar-refractivity contribution is 0.0526. The maximum absolute atomic E-state index is 14.1. The first-order valence-electron chi connectivity index (χ1n) is 9.79. The van der Waals surface area contributed by atoms with Crippen LogP contribution in [0, 0.1) is 17.5 Å². The fraction of sp³-hybridized carbons (Fsp3) is 0.174. The summed E-state index contributed by atoms with van der Waals surface area (Å²) in [5.74, 6) is -3.58. The number of nitrogens with zero attached hydrogens (tertiary/aromatic N) is 3. The zero-order chi connectivity index (χ0) is 22.7. The predicted octanol–water partition coefficient (Wildman–Crippen LogP) is 5.37. The number of fused-ring (bicyclic) bond motifs is 1. The first-order valence-corrected chi connectivity index (χ1v) is 10.8. The summed E-state index contributed by atoms with van der Waals surface area (Å²) in [7, 11) is 0. The summed E-state index contributed by atoms with van der Waals surface area (Å²) in [5.41, 5.74) is 2.47. The minimum Gasteiger partial charge on any atom is -0.462 e. The summed E-state index contributed by atoms with van der Waals surface area (Å²) in [6.45, 7) is 2.37. The van der Waals surface area contributed by atoms with Crippen molar-refractivity contribution in [3.63, 3.8) is 0 Å². The van der Waals surface area contributed by atoms with Gasteiger partial charge in [-0.3, -0.25) is 4.98 Å². The SMILES string of the molecule is CCOC(=O)c1ccc2c(c1)nc(SCc1cc(F)c(F)cc1F)n2Cc1ccccn1. The Kier molecular flexibility index (Phi) is 6.45. The van der Waals surface area contributed by atoms with Gasteiger partial charge in [-0.05, 0) is 43.3 Å². The van der Waals surface area contributed by atoms with E-state index in [1.165, 1.54) is 11.8 Å².